The number of benzene rings is 1. The van der Waals surface area contributed by atoms with Gasteiger partial charge in [0.05, 0.1) is 10.1 Å². The number of hydrogen-bond acceptors (Lipinski definition) is 3. The van der Waals surface area contributed by atoms with E-state index in [1.807, 2.05) is 0 Å². The summed E-state index contributed by atoms with van der Waals surface area (Å²) in [5.41, 5.74) is 0.914. The maximum Gasteiger partial charge on any atom is 0.219 e. The number of amides is 1. The van der Waals surface area contributed by atoms with Gasteiger partial charge in [-0.1, -0.05) is 31.9 Å². The van der Waals surface area contributed by atoms with Crippen molar-refractivity contribution in [2.75, 3.05) is 0 Å². The molecule has 1 N–H and O–H groups in total. The molecule has 0 aliphatic heterocycles. The van der Waals surface area contributed by atoms with E-state index < -0.39 is 9.84 Å². The molecule has 0 unspecified atom stereocenters. The van der Waals surface area contributed by atoms with Crippen molar-refractivity contribution in [3.8, 4) is 0 Å². The van der Waals surface area contributed by atoms with Gasteiger partial charge < -0.3 is 5.32 Å². The lowest BCUT2D eigenvalue weighted by Crippen LogP contribution is -2.21. The highest BCUT2D eigenvalue weighted by Gasteiger charge is 2.29. The summed E-state index contributed by atoms with van der Waals surface area (Å²) in [6.45, 7) is 2.24. The van der Waals surface area contributed by atoms with E-state index in [2.05, 4.69) is 5.32 Å². The summed E-state index contributed by atoms with van der Waals surface area (Å²) in [5, 5.41) is 2.56. The predicted octanol–water partition coefficient (Wildman–Crippen LogP) is 2.43. The molecule has 2 rings (SSSR count). The number of nitrogens with one attached hydrogen (secondary N) is 1. The highest BCUT2D eigenvalue weighted by atomic mass is 32.2. The van der Waals surface area contributed by atoms with Gasteiger partial charge in [0, 0.05) is 13.0 Å². The van der Waals surface area contributed by atoms with Crippen molar-refractivity contribution < 1.29 is 13.2 Å². The van der Waals surface area contributed by atoms with Crippen molar-refractivity contribution in [2.45, 2.75) is 55.7 Å². The van der Waals surface area contributed by atoms with E-state index in [0.29, 0.717) is 17.9 Å². The Kier molecular flexibility index (Phi) is 4.81. The molecule has 1 aromatic carbocycles. The molecule has 0 aromatic heterocycles. The first kappa shape index (κ1) is 15.0. The van der Waals surface area contributed by atoms with Crippen molar-refractivity contribution in [1.29, 1.82) is 0 Å². The van der Waals surface area contributed by atoms with E-state index in [1.54, 1.807) is 31.2 Å². The molecule has 0 heterocycles. The summed E-state index contributed by atoms with van der Waals surface area (Å²) in [7, 11) is -3.18. The molecule has 5 heteroatoms. The van der Waals surface area contributed by atoms with Crippen LogP contribution in [0.25, 0.3) is 0 Å². The highest BCUT2D eigenvalue weighted by molar-refractivity contribution is 7.92. The second-order valence-electron chi connectivity index (χ2n) is 5.23. The first-order valence-corrected chi connectivity index (χ1v) is 8.68. The Labute approximate surface area is 120 Å². The second kappa shape index (κ2) is 6.39. The minimum absolute atomic E-state index is 0.00680. The fraction of sp³-hybridized carbons (Fsp3) is 0.533. The lowest BCUT2D eigenvalue weighted by molar-refractivity contribution is -0.120. The van der Waals surface area contributed by atoms with Crippen LogP contribution in [0.4, 0.5) is 0 Å². The summed E-state index contributed by atoms with van der Waals surface area (Å²) in [4.78, 5) is 11.6. The van der Waals surface area contributed by atoms with Gasteiger partial charge in [0.25, 0.3) is 0 Å². The van der Waals surface area contributed by atoms with Crippen LogP contribution < -0.4 is 5.32 Å². The van der Waals surface area contributed by atoms with E-state index >= 15 is 0 Å². The van der Waals surface area contributed by atoms with Crippen LogP contribution in [0, 0.1) is 0 Å². The summed E-state index contributed by atoms with van der Waals surface area (Å²) in [6, 6.07) is 6.86. The number of rotatable bonds is 5. The van der Waals surface area contributed by atoms with Gasteiger partial charge in [0.1, 0.15) is 0 Å². The van der Waals surface area contributed by atoms with Gasteiger partial charge in [-0.3, -0.25) is 4.79 Å². The van der Waals surface area contributed by atoms with Gasteiger partial charge in [-0.25, -0.2) is 8.42 Å². The van der Waals surface area contributed by atoms with Crippen LogP contribution in [0.5, 0.6) is 0 Å². The molecule has 1 saturated carbocycles. The van der Waals surface area contributed by atoms with Crippen LogP contribution in [0.1, 0.15) is 44.6 Å². The summed E-state index contributed by atoms with van der Waals surface area (Å²) in [5.74, 6) is -0.00680. The Bertz CT molecular complexity index is 557. The third-order valence-corrected chi connectivity index (χ3v) is 6.08. The summed E-state index contributed by atoms with van der Waals surface area (Å²) in [6.07, 6.45) is 4.01. The van der Waals surface area contributed by atoms with E-state index in [1.165, 1.54) is 0 Å². The zero-order valence-electron chi connectivity index (χ0n) is 11.8. The number of sulfone groups is 1. The minimum Gasteiger partial charge on any atom is -0.352 e. The Hall–Kier alpha value is -1.36. The molecule has 0 radical (unpaired) electrons. The zero-order valence-corrected chi connectivity index (χ0v) is 12.6. The molecule has 1 aromatic rings. The molecule has 1 aliphatic carbocycles. The van der Waals surface area contributed by atoms with E-state index in [-0.39, 0.29) is 11.2 Å². The molecule has 0 bridgehead atoms. The molecule has 110 valence electrons. The van der Waals surface area contributed by atoms with Crippen LogP contribution in [0.15, 0.2) is 29.2 Å². The molecule has 1 fully saturated rings. The Morgan fingerprint density at radius 2 is 1.80 bits per heavy atom. The fourth-order valence-electron chi connectivity index (χ4n) is 2.51. The first-order chi connectivity index (χ1) is 9.54. The number of carbonyl (C=O) groups excluding carboxylic acids is 1. The Morgan fingerprint density at radius 1 is 1.20 bits per heavy atom. The smallest absolute Gasteiger partial charge is 0.219 e. The van der Waals surface area contributed by atoms with Crippen LogP contribution in [0.3, 0.4) is 0 Å². The number of carbonyl (C=O) groups is 1. The molecule has 0 spiro atoms. The lowest BCUT2D eigenvalue weighted by Gasteiger charge is -2.11. The molecular formula is C15H21NO3S. The predicted molar refractivity (Wildman–Crippen MR) is 78.0 cm³/mol. The van der Waals surface area contributed by atoms with Crippen LogP contribution in [0.2, 0.25) is 0 Å². The Balaban J connectivity index is 2.06. The molecule has 1 amide bonds. The maximum absolute atomic E-state index is 12.4. The van der Waals surface area contributed by atoms with Crippen LogP contribution in [-0.4, -0.2) is 19.6 Å². The molecular weight excluding hydrogens is 274 g/mol. The zero-order chi connectivity index (χ0) is 14.6. The molecule has 4 nitrogen and oxygen atoms in total. The highest BCUT2D eigenvalue weighted by Crippen LogP contribution is 2.29. The van der Waals surface area contributed by atoms with Gasteiger partial charge in [0.15, 0.2) is 9.84 Å². The summed E-state index contributed by atoms with van der Waals surface area (Å²) < 4.78 is 24.8. The van der Waals surface area contributed by atoms with Gasteiger partial charge in [-0.2, -0.15) is 0 Å². The van der Waals surface area contributed by atoms with E-state index in [9.17, 15) is 13.2 Å². The molecule has 0 atom stereocenters. The van der Waals surface area contributed by atoms with Crippen molar-refractivity contribution >= 4 is 15.7 Å². The minimum atomic E-state index is -3.18. The van der Waals surface area contributed by atoms with E-state index in [4.69, 9.17) is 0 Å². The fourth-order valence-corrected chi connectivity index (χ4v) is 4.37. The first-order valence-electron chi connectivity index (χ1n) is 7.13. The number of hydrogen-bond donors (Lipinski definition) is 1. The van der Waals surface area contributed by atoms with Crippen LogP contribution >= 0.6 is 0 Å². The third-order valence-electron chi connectivity index (χ3n) is 3.80. The van der Waals surface area contributed by atoms with Gasteiger partial charge in [0.2, 0.25) is 5.91 Å². The van der Waals surface area contributed by atoms with Crippen molar-refractivity contribution in [3.63, 3.8) is 0 Å². The summed E-state index contributed by atoms with van der Waals surface area (Å²) >= 11 is 0. The maximum atomic E-state index is 12.4. The molecule has 0 saturated heterocycles. The topological polar surface area (TPSA) is 63.2 Å². The van der Waals surface area contributed by atoms with Crippen molar-refractivity contribution in [1.82, 2.24) is 5.32 Å². The standard InChI is InChI=1S/C15H21NO3S/c1-2-15(17)16-11-12-7-9-14(10-8-12)20(18,19)13-5-3-4-6-13/h7-10,13H,2-6,11H2,1H3,(H,16,17). The average Bonchev–Trinajstić information content (AvgIpc) is 3.00. The normalized spacial score (nSPS) is 16.2. The quantitative estimate of drug-likeness (QED) is 0.907. The Morgan fingerprint density at radius 3 is 2.35 bits per heavy atom. The molecule has 1 aliphatic rings. The largest absolute Gasteiger partial charge is 0.352 e. The van der Waals surface area contributed by atoms with E-state index in [0.717, 1.165) is 31.2 Å². The van der Waals surface area contributed by atoms with Gasteiger partial charge >= 0.3 is 0 Å². The van der Waals surface area contributed by atoms with Crippen LogP contribution in [-0.2, 0) is 21.2 Å². The monoisotopic (exact) mass is 295 g/mol. The lowest BCUT2D eigenvalue weighted by atomic mass is 10.2. The SMILES string of the molecule is CCC(=O)NCc1ccc(S(=O)(=O)C2CCCC2)cc1. The second-order valence-corrected chi connectivity index (χ2v) is 7.45. The van der Waals surface area contributed by atoms with Crippen molar-refractivity contribution in [3.05, 3.63) is 29.8 Å². The third kappa shape index (κ3) is 3.39. The average molecular weight is 295 g/mol. The van der Waals surface area contributed by atoms with Crippen molar-refractivity contribution in [2.24, 2.45) is 0 Å². The van der Waals surface area contributed by atoms with Gasteiger partial charge in [-0.15, -0.1) is 0 Å². The van der Waals surface area contributed by atoms with Gasteiger partial charge in [-0.05, 0) is 30.5 Å². The molecule has 20 heavy (non-hydrogen) atoms.